The summed E-state index contributed by atoms with van der Waals surface area (Å²) in [4.78, 5) is 25.2. The van der Waals surface area contributed by atoms with Gasteiger partial charge < -0.3 is 15.3 Å². The highest BCUT2D eigenvalue weighted by Gasteiger charge is 2.45. The monoisotopic (exact) mass is 318 g/mol. The number of rotatable bonds is 4. The van der Waals surface area contributed by atoms with Gasteiger partial charge in [-0.25, -0.2) is 8.42 Å². The first-order valence-electron chi connectivity index (χ1n) is 7.23. The molecule has 2 rings (SSSR count). The van der Waals surface area contributed by atoms with Crippen LogP contribution in [0, 0.1) is 5.41 Å². The number of hydrogen-bond donors (Lipinski definition) is 2. The van der Waals surface area contributed by atoms with Gasteiger partial charge in [0.05, 0.1) is 16.9 Å². The third-order valence-corrected chi connectivity index (χ3v) is 6.30. The predicted molar refractivity (Wildman–Crippen MR) is 76.6 cm³/mol. The SMILES string of the molecule is CCC1(C(=O)O)CCN(C(=O)CC2CS(=O)(=O)CCN2)C1. The molecule has 0 aromatic heterocycles. The Morgan fingerprint density at radius 2 is 2.14 bits per heavy atom. The lowest BCUT2D eigenvalue weighted by molar-refractivity contribution is -0.148. The molecule has 2 atom stereocenters. The lowest BCUT2D eigenvalue weighted by Gasteiger charge is -2.26. The molecule has 0 aromatic carbocycles. The van der Waals surface area contributed by atoms with Crippen LogP contribution in [0.4, 0.5) is 0 Å². The molecular formula is C13H22N2O5S. The summed E-state index contributed by atoms with van der Waals surface area (Å²) in [7, 11) is -3.07. The molecular weight excluding hydrogens is 296 g/mol. The molecule has 0 spiro atoms. The second-order valence-corrected chi connectivity index (χ2v) is 8.20. The van der Waals surface area contributed by atoms with Crippen molar-refractivity contribution in [1.29, 1.82) is 0 Å². The van der Waals surface area contributed by atoms with Crippen LogP contribution in [0.1, 0.15) is 26.2 Å². The Hall–Kier alpha value is -1.15. The molecule has 0 aromatic rings. The maximum absolute atomic E-state index is 12.2. The Balaban J connectivity index is 1.95. The summed E-state index contributed by atoms with van der Waals surface area (Å²) in [5, 5.41) is 12.4. The molecule has 2 heterocycles. The number of likely N-dealkylation sites (tertiary alicyclic amines) is 1. The van der Waals surface area contributed by atoms with Gasteiger partial charge >= 0.3 is 5.97 Å². The lowest BCUT2D eigenvalue weighted by Crippen LogP contribution is -2.48. The summed E-state index contributed by atoms with van der Waals surface area (Å²) in [5.74, 6) is -0.941. The Kier molecular flexibility index (Phi) is 4.57. The van der Waals surface area contributed by atoms with Crippen molar-refractivity contribution in [2.75, 3.05) is 31.1 Å². The van der Waals surface area contributed by atoms with Crippen molar-refractivity contribution in [3.8, 4) is 0 Å². The summed E-state index contributed by atoms with van der Waals surface area (Å²) < 4.78 is 23.1. The van der Waals surface area contributed by atoms with Crippen molar-refractivity contribution in [1.82, 2.24) is 10.2 Å². The molecule has 2 N–H and O–H groups in total. The molecule has 0 saturated carbocycles. The Bertz CT molecular complexity index is 533. The third kappa shape index (κ3) is 3.55. The normalized spacial score (nSPS) is 32.0. The average molecular weight is 318 g/mol. The highest BCUT2D eigenvalue weighted by Crippen LogP contribution is 2.34. The second kappa shape index (κ2) is 5.92. The number of sulfone groups is 1. The summed E-state index contributed by atoms with van der Waals surface area (Å²) in [6.07, 6.45) is 1.06. The number of nitrogens with one attached hydrogen (secondary N) is 1. The minimum atomic E-state index is -3.07. The first-order chi connectivity index (χ1) is 9.78. The molecule has 8 heteroatoms. The number of carbonyl (C=O) groups is 2. The van der Waals surface area contributed by atoms with Gasteiger partial charge in [-0.1, -0.05) is 6.92 Å². The zero-order valence-electron chi connectivity index (χ0n) is 12.2. The van der Waals surface area contributed by atoms with Crippen LogP contribution in [0.3, 0.4) is 0 Å². The number of hydrogen-bond acceptors (Lipinski definition) is 5. The number of carbonyl (C=O) groups excluding carboxylic acids is 1. The lowest BCUT2D eigenvalue weighted by atomic mass is 9.84. The highest BCUT2D eigenvalue weighted by atomic mass is 32.2. The maximum atomic E-state index is 12.2. The van der Waals surface area contributed by atoms with Gasteiger partial charge in [-0.2, -0.15) is 0 Å². The van der Waals surface area contributed by atoms with Gasteiger partial charge in [0.25, 0.3) is 0 Å². The van der Waals surface area contributed by atoms with Crippen molar-refractivity contribution in [3.63, 3.8) is 0 Å². The van der Waals surface area contributed by atoms with Crippen molar-refractivity contribution in [3.05, 3.63) is 0 Å². The van der Waals surface area contributed by atoms with Crippen LogP contribution in [0.15, 0.2) is 0 Å². The van der Waals surface area contributed by atoms with Crippen molar-refractivity contribution in [2.45, 2.75) is 32.2 Å². The van der Waals surface area contributed by atoms with Gasteiger partial charge in [-0.15, -0.1) is 0 Å². The van der Waals surface area contributed by atoms with E-state index in [9.17, 15) is 23.1 Å². The molecule has 21 heavy (non-hydrogen) atoms. The van der Waals surface area contributed by atoms with E-state index in [2.05, 4.69) is 5.32 Å². The average Bonchev–Trinajstić information content (AvgIpc) is 2.83. The smallest absolute Gasteiger partial charge is 0.311 e. The minimum absolute atomic E-state index is 0.0234. The van der Waals surface area contributed by atoms with Crippen molar-refractivity contribution in [2.24, 2.45) is 5.41 Å². The number of amides is 1. The van der Waals surface area contributed by atoms with E-state index in [1.165, 1.54) is 0 Å². The summed E-state index contributed by atoms with van der Waals surface area (Å²) in [5.41, 5.74) is -0.846. The topological polar surface area (TPSA) is 104 Å². The summed E-state index contributed by atoms with van der Waals surface area (Å²) >= 11 is 0. The van der Waals surface area contributed by atoms with Crippen LogP contribution < -0.4 is 5.32 Å². The van der Waals surface area contributed by atoms with Gasteiger partial charge in [-0.3, -0.25) is 9.59 Å². The minimum Gasteiger partial charge on any atom is -0.481 e. The molecule has 0 aliphatic carbocycles. The first-order valence-corrected chi connectivity index (χ1v) is 9.05. The maximum Gasteiger partial charge on any atom is 0.311 e. The molecule has 2 saturated heterocycles. The third-order valence-electron chi connectivity index (χ3n) is 4.56. The Morgan fingerprint density at radius 3 is 2.67 bits per heavy atom. The number of aliphatic carboxylic acids is 1. The van der Waals surface area contributed by atoms with Crippen molar-refractivity contribution < 1.29 is 23.1 Å². The van der Waals surface area contributed by atoms with Gasteiger partial charge in [0.2, 0.25) is 5.91 Å². The van der Waals surface area contributed by atoms with E-state index < -0.39 is 21.2 Å². The van der Waals surface area contributed by atoms with Gasteiger partial charge in [0, 0.05) is 32.1 Å². The van der Waals surface area contributed by atoms with Gasteiger partial charge in [0.1, 0.15) is 0 Å². The van der Waals surface area contributed by atoms with E-state index in [1.807, 2.05) is 6.92 Å². The zero-order chi connectivity index (χ0) is 15.7. The standard InChI is InChI=1S/C13H22N2O5S/c1-2-13(12(17)18)3-5-15(9-13)11(16)7-10-8-21(19,20)6-4-14-10/h10,14H,2-9H2,1H3,(H,17,18). The predicted octanol–water partition coefficient (Wildman–Crippen LogP) is -0.524. The highest BCUT2D eigenvalue weighted by molar-refractivity contribution is 7.91. The molecule has 2 fully saturated rings. The Labute approximate surface area is 124 Å². The molecule has 2 aliphatic heterocycles. The zero-order valence-corrected chi connectivity index (χ0v) is 13.0. The number of nitrogens with zero attached hydrogens (tertiary/aromatic N) is 1. The second-order valence-electron chi connectivity index (χ2n) is 5.97. The van der Waals surface area contributed by atoms with E-state index in [4.69, 9.17) is 0 Å². The van der Waals surface area contributed by atoms with Crippen LogP contribution in [0.5, 0.6) is 0 Å². The summed E-state index contributed by atoms with van der Waals surface area (Å²) in [6.45, 7) is 2.83. The van der Waals surface area contributed by atoms with E-state index in [1.54, 1.807) is 4.90 Å². The van der Waals surface area contributed by atoms with Crippen LogP contribution in [-0.2, 0) is 19.4 Å². The molecule has 1 amide bonds. The molecule has 2 unspecified atom stereocenters. The van der Waals surface area contributed by atoms with Crippen LogP contribution in [0.2, 0.25) is 0 Å². The fraction of sp³-hybridized carbons (Fsp3) is 0.846. The van der Waals surface area contributed by atoms with E-state index >= 15 is 0 Å². The molecule has 120 valence electrons. The van der Waals surface area contributed by atoms with Gasteiger partial charge in [-0.05, 0) is 12.8 Å². The first kappa shape index (κ1) is 16.2. The number of carboxylic acid groups (broad SMARTS) is 1. The van der Waals surface area contributed by atoms with Gasteiger partial charge in [0.15, 0.2) is 9.84 Å². The van der Waals surface area contributed by atoms with Crippen LogP contribution >= 0.6 is 0 Å². The van der Waals surface area contributed by atoms with E-state index in [-0.39, 0.29) is 36.4 Å². The van der Waals surface area contributed by atoms with Crippen LogP contribution in [-0.4, -0.2) is 67.5 Å². The van der Waals surface area contributed by atoms with Crippen LogP contribution in [0.25, 0.3) is 0 Å². The fourth-order valence-electron chi connectivity index (χ4n) is 3.04. The quantitative estimate of drug-likeness (QED) is 0.722. The molecule has 7 nitrogen and oxygen atoms in total. The summed E-state index contributed by atoms with van der Waals surface area (Å²) in [6, 6.07) is -0.363. The molecule has 0 radical (unpaired) electrons. The van der Waals surface area contributed by atoms with Crippen molar-refractivity contribution >= 4 is 21.7 Å². The largest absolute Gasteiger partial charge is 0.481 e. The number of carboxylic acids is 1. The molecule has 2 aliphatic rings. The molecule has 0 bridgehead atoms. The van der Waals surface area contributed by atoms with E-state index in [0.29, 0.717) is 25.9 Å². The van der Waals surface area contributed by atoms with E-state index in [0.717, 1.165) is 0 Å². The Morgan fingerprint density at radius 1 is 1.43 bits per heavy atom. The fourth-order valence-corrected chi connectivity index (χ4v) is 4.48.